The standard InChI is InChI=1S/C5H10O4S/c6-10(7)8-4-2-1-3-5(4)9-10/h4-7H,1-3H2. The van der Waals surface area contributed by atoms with Crippen LogP contribution < -0.4 is 0 Å². The summed E-state index contributed by atoms with van der Waals surface area (Å²) in [5.41, 5.74) is 0. The van der Waals surface area contributed by atoms with Gasteiger partial charge in [-0.1, -0.05) is 0 Å². The molecule has 2 N–H and O–H groups in total. The molecule has 0 radical (unpaired) electrons. The summed E-state index contributed by atoms with van der Waals surface area (Å²) in [5, 5.41) is 0. The van der Waals surface area contributed by atoms with Gasteiger partial charge in [0.2, 0.25) is 11.2 Å². The lowest BCUT2D eigenvalue weighted by atomic mass is 10.3. The molecule has 5 heteroatoms. The second-order valence-electron chi connectivity index (χ2n) is 2.65. The van der Waals surface area contributed by atoms with Crippen molar-refractivity contribution in [1.82, 2.24) is 0 Å². The second-order valence-corrected chi connectivity index (χ2v) is 3.93. The van der Waals surface area contributed by atoms with Gasteiger partial charge in [-0.05, 0) is 19.3 Å². The molecule has 2 unspecified atom stereocenters. The summed E-state index contributed by atoms with van der Waals surface area (Å²) in [6.07, 6.45) is 2.71. The van der Waals surface area contributed by atoms with Crippen LogP contribution in [0, 0.1) is 0 Å². The van der Waals surface area contributed by atoms with Crippen molar-refractivity contribution in [1.29, 1.82) is 0 Å². The first-order valence-corrected chi connectivity index (χ1v) is 4.72. The molecule has 60 valence electrons. The van der Waals surface area contributed by atoms with Crippen LogP contribution in [-0.4, -0.2) is 21.3 Å². The monoisotopic (exact) mass is 166 g/mol. The van der Waals surface area contributed by atoms with Gasteiger partial charge in [0.1, 0.15) is 12.2 Å². The van der Waals surface area contributed by atoms with Crippen molar-refractivity contribution in [2.75, 3.05) is 0 Å². The highest BCUT2D eigenvalue weighted by atomic mass is 32.3. The van der Waals surface area contributed by atoms with E-state index in [2.05, 4.69) is 0 Å². The van der Waals surface area contributed by atoms with Gasteiger partial charge in [-0.3, -0.25) is 17.5 Å². The molecule has 1 heterocycles. The van der Waals surface area contributed by atoms with E-state index in [0.29, 0.717) is 0 Å². The van der Waals surface area contributed by atoms with Gasteiger partial charge >= 0.3 is 0 Å². The largest absolute Gasteiger partial charge is 0.287 e. The summed E-state index contributed by atoms with van der Waals surface area (Å²) >= 11 is -3.11. The first-order valence-electron chi connectivity index (χ1n) is 3.32. The van der Waals surface area contributed by atoms with Crippen LogP contribution in [0.1, 0.15) is 19.3 Å². The Kier molecular flexibility index (Phi) is 1.43. The third-order valence-electron chi connectivity index (χ3n) is 1.89. The Labute approximate surface area is 60.9 Å². The predicted molar refractivity (Wildman–Crippen MR) is 36.4 cm³/mol. The second kappa shape index (κ2) is 2.09. The average molecular weight is 166 g/mol. The minimum atomic E-state index is -3.11. The van der Waals surface area contributed by atoms with E-state index < -0.39 is 11.2 Å². The number of hydrogen-bond acceptors (Lipinski definition) is 4. The molecule has 1 saturated heterocycles. The average Bonchev–Trinajstić information content (AvgIpc) is 2.20. The zero-order valence-electron chi connectivity index (χ0n) is 5.40. The summed E-state index contributed by atoms with van der Waals surface area (Å²) < 4.78 is 27.5. The lowest BCUT2D eigenvalue weighted by Crippen LogP contribution is -2.13. The summed E-state index contributed by atoms with van der Waals surface area (Å²) in [4.78, 5) is 0. The van der Waals surface area contributed by atoms with Crippen LogP contribution >= 0.6 is 11.2 Å². The van der Waals surface area contributed by atoms with E-state index >= 15 is 0 Å². The first kappa shape index (κ1) is 6.87. The van der Waals surface area contributed by atoms with Crippen molar-refractivity contribution < 1.29 is 17.5 Å². The summed E-state index contributed by atoms with van der Waals surface area (Å²) in [6.45, 7) is 0. The van der Waals surface area contributed by atoms with Crippen LogP contribution in [0.25, 0.3) is 0 Å². The maximum Gasteiger partial charge on any atom is 0.219 e. The number of rotatable bonds is 0. The third kappa shape index (κ3) is 1.04. The molecular weight excluding hydrogens is 156 g/mol. The van der Waals surface area contributed by atoms with E-state index in [-0.39, 0.29) is 12.2 Å². The highest BCUT2D eigenvalue weighted by molar-refractivity contribution is 8.16. The van der Waals surface area contributed by atoms with Crippen LogP contribution in [0.3, 0.4) is 0 Å². The van der Waals surface area contributed by atoms with E-state index in [1.807, 2.05) is 0 Å². The van der Waals surface area contributed by atoms with Crippen LogP contribution in [0.2, 0.25) is 0 Å². The Morgan fingerprint density at radius 3 is 2.10 bits per heavy atom. The zero-order chi connectivity index (χ0) is 7.19. The van der Waals surface area contributed by atoms with Gasteiger partial charge < -0.3 is 0 Å². The molecule has 2 aliphatic rings. The molecule has 0 spiro atoms. The third-order valence-corrected chi connectivity index (χ3v) is 2.89. The van der Waals surface area contributed by atoms with Gasteiger partial charge in [-0.2, -0.15) is 0 Å². The molecule has 0 bridgehead atoms. The Morgan fingerprint density at radius 1 is 1.10 bits per heavy atom. The number of hydrogen-bond donors (Lipinski definition) is 2. The maximum atomic E-state index is 8.89. The van der Waals surface area contributed by atoms with Crippen molar-refractivity contribution >= 4 is 11.2 Å². The van der Waals surface area contributed by atoms with Crippen LogP contribution in [0.4, 0.5) is 0 Å². The normalized spacial score (nSPS) is 47.0. The number of fused-ring (bicyclic) bond motifs is 1. The molecule has 2 rings (SSSR count). The van der Waals surface area contributed by atoms with Gasteiger partial charge in [0.15, 0.2) is 0 Å². The Morgan fingerprint density at radius 2 is 1.60 bits per heavy atom. The minimum Gasteiger partial charge on any atom is -0.287 e. The molecule has 0 amide bonds. The fourth-order valence-corrected chi connectivity index (χ4v) is 2.59. The van der Waals surface area contributed by atoms with E-state index in [1.165, 1.54) is 0 Å². The molecule has 10 heavy (non-hydrogen) atoms. The van der Waals surface area contributed by atoms with Crippen molar-refractivity contribution in [3.63, 3.8) is 0 Å². The first-order chi connectivity index (χ1) is 4.67. The van der Waals surface area contributed by atoms with Gasteiger partial charge in [-0.15, -0.1) is 0 Å². The maximum absolute atomic E-state index is 8.89. The zero-order valence-corrected chi connectivity index (χ0v) is 6.21. The van der Waals surface area contributed by atoms with Gasteiger partial charge in [0.05, 0.1) is 0 Å². The van der Waals surface area contributed by atoms with Crippen molar-refractivity contribution in [2.45, 2.75) is 31.5 Å². The van der Waals surface area contributed by atoms with Crippen molar-refractivity contribution in [2.24, 2.45) is 0 Å². The smallest absolute Gasteiger partial charge is 0.219 e. The predicted octanol–water partition coefficient (Wildman–Crippen LogP) is 1.53. The fourth-order valence-electron chi connectivity index (χ4n) is 1.46. The van der Waals surface area contributed by atoms with Gasteiger partial charge in [0.25, 0.3) is 0 Å². The SMILES string of the molecule is OS1(O)OC2CCCC2O1. The van der Waals surface area contributed by atoms with E-state index in [9.17, 15) is 0 Å². The van der Waals surface area contributed by atoms with Gasteiger partial charge in [-0.25, -0.2) is 0 Å². The quantitative estimate of drug-likeness (QED) is 0.573. The Bertz CT molecular complexity index is 135. The summed E-state index contributed by atoms with van der Waals surface area (Å²) in [6, 6.07) is 0. The van der Waals surface area contributed by atoms with Crippen LogP contribution in [-0.2, 0) is 8.37 Å². The van der Waals surface area contributed by atoms with Crippen molar-refractivity contribution in [3.05, 3.63) is 0 Å². The molecule has 4 nitrogen and oxygen atoms in total. The van der Waals surface area contributed by atoms with E-state index in [4.69, 9.17) is 17.5 Å². The Hall–Kier alpha value is 0.190. The molecule has 0 aromatic heterocycles. The molecule has 1 aliphatic heterocycles. The summed E-state index contributed by atoms with van der Waals surface area (Å²) in [5.74, 6) is 0. The highest BCUT2D eigenvalue weighted by Gasteiger charge is 2.45. The molecule has 1 aliphatic carbocycles. The van der Waals surface area contributed by atoms with Crippen LogP contribution in [0.5, 0.6) is 0 Å². The van der Waals surface area contributed by atoms with E-state index in [1.54, 1.807) is 0 Å². The fraction of sp³-hybridized carbons (Fsp3) is 1.00. The molecular formula is C5H10O4S. The summed E-state index contributed by atoms with van der Waals surface area (Å²) in [7, 11) is 0. The lowest BCUT2D eigenvalue weighted by molar-refractivity contribution is 0.187. The molecule has 1 saturated carbocycles. The molecule has 2 atom stereocenters. The highest BCUT2D eigenvalue weighted by Crippen LogP contribution is 2.54. The lowest BCUT2D eigenvalue weighted by Gasteiger charge is -2.17. The molecule has 2 fully saturated rings. The molecule has 0 aromatic carbocycles. The molecule has 0 aromatic rings. The minimum absolute atomic E-state index is 0.0648. The Balaban J connectivity index is 2.07. The van der Waals surface area contributed by atoms with Crippen molar-refractivity contribution in [3.8, 4) is 0 Å². The topological polar surface area (TPSA) is 58.9 Å². The van der Waals surface area contributed by atoms with Crippen LogP contribution in [0.15, 0.2) is 0 Å². The van der Waals surface area contributed by atoms with E-state index in [0.717, 1.165) is 19.3 Å². The van der Waals surface area contributed by atoms with Gasteiger partial charge in [0, 0.05) is 0 Å².